The van der Waals surface area contributed by atoms with Gasteiger partial charge in [0.1, 0.15) is 10.9 Å². The minimum absolute atomic E-state index is 0.0196. The summed E-state index contributed by atoms with van der Waals surface area (Å²) in [4.78, 5) is 14.1. The van der Waals surface area contributed by atoms with Crippen molar-refractivity contribution in [2.24, 2.45) is 0 Å². The number of ether oxygens (including phenoxy) is 1. The van der Waals surface area contributed by atoms with Gasteiger partial charge in [-0.25, -0.2) is 4.98 Å². The molecule has 1 heterocycles. The third kappa shape index (κ3) is 3.43. The summed E-state index contributed by atoms with van der Waals surface area (Å²) in [5.41, 5.74) is 0.582. The molecular formula is C13H11ClN2O4. The smallest absolute Gasteiger partial charge is 0.277 e. The van der Waals surface area contributed by atoms with Crippen LogP contribution in [0.2, 0.25) is 5.15 Å². The van der Waals surface area contributed by atoms with Crippen molar-refractivity contribution < 1.29 is 14.8 Å². The summed E-state index contributed by atoms with van der Waals surface area (Å²) in [5.74, 6) is 0.514. The van der Waals surface area contributed by atoms with E-state index >= 15 is 0 Å². The Morgan fingerprint density at radius 3 is 2.80 bits per heavy atom. The van der Waals surface area contributed by atoms with Crippen LogP contribution in [-0.4, -0.2) is 21.6 Å². The van der Waals surface area contributed by atoms with Crippen molar-refractivity contribution in [3.05, 3.63) is 57.2 Å². The number of aliphatic hydroxyl groups excluding tert-OH is 1. The van der Waals surface area contributed by atoms with E-state index in [0.29, 0.717) is 12.2 Å². The van der Waals surface area contributed by atoms with E-state index in [1.807, 2.05) is 6.07 Å². The van der Waals surface area contributed by atoms with Gasteiger partial charge in [-0.3, -0.25) is 10.1 Å². The van der Waals surface area contributed by atoms with E-state index in [4.69, 9.17) is 21.4 Å². The van der Waals surface area contributed by atoms with Crippen LogP contribution < -0.4 is 4.74 Å². The van der Waals surface area contributed by atoms with Gasteiger partial charge in [0.15, 0.2) is 0 Å². The highest BCUT2D eigenvalue weighted by Gasteiger charge is 2.13. The lowest BCUT2D eigenvalue weighted by molar-refractivity contribution is -0.385. The molecule has 7 heteroatoms. The molecule has 0 saturated heterocycles. The lowest BCUT2D eigenvalue weighted by Crippen LogP contribution is -1.97. The summed E-state index contributed by atoms with van der Waals surface area (Å²) in [7, 11) is 0. The van der Waals surface area contributed by atoms with Crippen molar-refractivity contribution in [3.63, 3.8) is 0 Å². The number of aliphatic hydroxyl groups is 1. The van der Waals surface area contributed by atoms with Gasteiger partial charge in [0.2, 0.25) is 5.88 Å². The molecule has 1 aromatic carbocycles. The predicted molar refractivity (Wildman–Crippen MR) is 73.2 cm³/mol. The van der Waals surface area contributed by atoms with E-state index in [9.17, 15) is 10.1 Å². The summed E-state index contributed by atoms with van der Waals surface area (Å²) in [5, 5.41) is 19.7. The number of para-hydroxylation sites is 1. The van der Waals surface area contributed by atoms with E-state index in [-0.39, 0.29) is 23.3 Å². The van der Waals surface area contributed by atoms with Crippen molar-refractivity contribution in [3.8, 4) is 11.6 Å². The standard InChI is InChI=1S/C13H11ClN2O4/c14-12-7-10(16(18)19)8-13(15-12)20-11-4-2-1-3-9(11)5-6-17/h1-4,7-8,17H,5-6H2. The minimum atomic E-state index is -0.569. The average Bonchev–Trinajstić information content (AvgIpc) is 2.40. The van der Waals surface area contributed by atoms with Crippen LogP contribution in [0, 0.1) is 10.1 Å². The molecule has 1 aromatic heterocycles. The monoisotopic (exact) mass is 294 g/mol. The fraction of sp³-hybridized carbons (Fsp3) is 0.154. The molecule has 6 nitrogen and oxygen atoms in total. The number of benzene rings is 1. The van der Waals surface area contributed by atoms with Crippen molar-refractivity contribution in [2.75, 3.05) is 6.61 Å². The maximum Gasteiger partial charge on any atom is 0.277 e. The fourth-order valence-corrected chi connectivity index (χ4v) is 1.86. The predicted octanol–water partition coefficient (Wildman–Crippen LogP) is 2.97. The van der Waals surface area contributed by atoms with Crippen molar-refractivity contribution in [2.45, 2.75) is 6.42 Å². The first-order chi connectivity index (χ1) is 9.60. The first-order valence-corrected chi connectivity index (χ1v) is 6.16. The first-order valence-electron chi connectivity index (χ1n) is 5.79. The molecule has 1 N–H and O–H groups in total. The molecule has 0 aliphatic carbocycles. The number of pyridine rings is 1. The van der Waals surface area contributed by atoms with Crippen LogP contribution in [-0.2, 0) is 6.42 Å². The molecule has 104 valence electrons. The molecule has 0 aliphatic heterocycles. The number of nitro groups is 1. The van der Waals surface area contributed by atoms with Gasteiger partial charge < -0.3 is 9.84 Å². The second kappa shape index (κ2) is 6.31. The Kier molecular flexibility index (Phi) is 4.49. The zero-order valence-corrected chi connectivity index (χ0v) is 11.1. The molecule has 0 unspecified atom stereocenters. The van der Waals surface area contributed by atoms with E-state index < -0.39 is 4.92 Å². The molecule has 0 bridgehead atoms. The van der Waals surface area contributed by atoms with Crippen LogP contribution in [0.3, 0.4) is 0 Å². The molecule has 0 aliphatic rings. The van der Waals surface area contributed by atoms with Gasteiger partial charge in [0.25, 0.3) is 5.69 Å². The molecule has 2 aromatic rings. The molecule has 0 radical (unpaired) electrons. The van der Waals surface area contributed by atoms with Gasteiger partial charge >= 0.3 is 0 Å². The summed E-state index contributed by atoms with van der Waals surface area (Å²) in [6, 6.07) is 9.40. The zero-order chi connectivity index (χ0) is 14.5. The molecular weight excluding hydrogens is 284 g/mol. The van der Waals surface area contributed by atoms with E-state index in [0.717, 1.165) is 11.6 Å². The normalized spacial score (nSPS) is 10.3. The number of aromatic nitrogens is 1. The number of hydrogen-bond donors (Lipinski definition) is 1. The largest absolute Gasteiger partial charge is 0.438 e. The van der Waals surface area contributed by atoms with Crippen LogP contribution in [0.4, 0.5) is 5.69 Å². The van der Waals surface area contributed by atoms with E-state index in [1.165, 1.54) is 6.07 Å². The van der Waals surface area contributed by atoms with E-state index in [1.54, 1.807) is 18.2 Å². The van der Waals surface area contributed by atoms with Gasteiger partial charge in [-0.15, -0.1) is 0 Å². The quantitative estimate of drug-likeness (QED) is 0.520. The van der Waals surface area contributed by atoms with Crippen LogP contribution in [0.15, 0.2) is 36.4 Å². The third-order valence-corrected chi connectivity index (χ3v) is 2.73. The number of halogens is 1. The topological polar surface area (TPSA) is 85.5 Å². The maximum absolute atomic E-state index is 10.8. The van der Waals surface area contributed by atoms with Crippen molar-refractivity contribution in [1.29, 1.82) is 0 Å². The highest BCUT2D eigenvalue weighted by molar-refractivity contribution is 6.29. The molecule has 0 saturated carbocycles. The number of hydrogen-bond acceptors (Lipinski definition) is 5. The number of nitrogens with zero attached hydrogens (tertiary/aromatic N) is 2. The van der Waals surface area contributed by atoms with Gasteiger partial charge in [0.05, 0.1) is 17.1 Å². The van der Waals surface area contributed by atoms with Crippen LogP contribution in [0.25, 0.3) is 0 Å². The average molecular weight is 295 g/mol. The second-order valence-electron chi connectivity index (χ2n) is 3.93. The van der Waals surface area contributed by atoms with Crippen molar-refractivity contribution in [1.82, 2.24) is 4.98 Å². The van der Waals surface area contributed by atoms with Crippen LogP contribution >= 0.6 is 11.6 Å². The summed E-state index contributed by atoms with van der Waals surface area (Å²) in [6.07, 6.45) is 0.416. The molecule has 0 atom stereocenters. The van der Waals surface area contributed by atoms with Crippen LogP contribution in [0.1, 0.15) is 5.56 Å². The fourth-order valence-electron chi connectivity index (χ4n) is 1.66. The Hall–Kier alpha value is -2.18. The maximum atomic E-state index is 10.8. The van der Waals surface area contributed by atoms with Crippen molar-refractivity contribution >= 4 is 17.3 Å². The molecule has 0 amide bonds. The molecule has 0 fully saturated rings. The van der Waals surface area contributed by atoms with Gasteiger partial charge in [0, 0.05) is 6.61 Å². The zero-order valence-electron chi connectivity index (χ0n) is 10.3. The Balaban J connectivity index is 2.32. The second-order valence-corrected chi connectivity index (χ2v) is 4.31. The molecule has 0 spiro atoms. The summed E-state index contributed by atoms with van der Waals surface area (Å²) < 4.78 is 5.52. The van der Waals surface area contributed by atoms with E-state index in [2.05, 4.69) is 4.98 Å². The lowest BCUT2D eigenvalue weighted by atomic mass is 10.1. The molecule has 2 rings (SSSR count). The highest BCUT2D eigenvalue weighted by Crippen LogP contribution is 2.28. The summed E-state index contributed by atoms with van der Waals surface area (Å²) in [6.45, 7) is -0.0243. The summed E-state index contributed by atoms with van der Waals surface area (Å²) >= 11 is 5.73. The minimum Gasteiger partial charge on any atom is -0.438 e. The Morgan fingerprint density at radius 1 is 1.35 bits per heavy atom. The Bertz CT molecular complexity index is 634. The van der Waals surface area contributed by atoms with Crippen LogP contribution in [0.5, 0.6) is 11.6 Å². The van der Waals surface area contributed by atoms with Gasteiger partial charge in [-0.1, -0.05) is 29.8 Å². The number of rotatable bonds is 5. The van der Waals surface area contributed by atoms with Gasteiger partial charge in [-0.05, 0) is 18.1 Å². The third-order valence-electron chi connectivity index (χ3n) is 2.53. The van der Waals surface area contributed by atoms with Gasteiger partial charge in [-0.2, -0.15) is 0 Å². The lowest BCUT2D eigenvalue weighted by Gasteiger charge is -2.09. The first kappa shape index (κ1) is 14.2. The Labute approximate surface area is 119 Å². The SMILES string of the molecule is O=[N+]([O-])c1cc(Cl)nc(Oc2ccccc2CCO)c1. The highest BCUT2D eigenvalue weighted by atomic mass is 35.5. The molecule has 20 heavy (non-hydrogen) atoms. The Morgan fingerprint density at radius 2 is 2.10 bits per heavy atom.